The van der Waals surface area contributed by atoms with Crippen LogP contribution in [0.15, 0.2) is 72.6 Å². The predicted octanol–water partition coefficient (Wildman–Crippen LogP) is 5.32. The van der Waals surface area contributed by atoms with Crippen molar-refractivity contribution in [3.63, 3.8) is 0 Å². The Morgan fingerprint density at radius 2 is 1.82 bits per heavy atom. The maximum absolute atomic E-state index is 13.3. The van der Waals surface area contributed by atoms with Gasteiger partial charge in [-0.3, -0.25) is 14.6 Å². The maximum atomic E-state index is 13.3. The van der Waals surface area contributed by atoms with E-state index in [0.29, 0.717) is 34.1 Å². The molecule has 196 valence electrons. The Morgan fingerprint density at radius 1 is 1.11 bits per heavy atom. The molecular weight excluding hydrogens is 508 g/mol. The molecule has 1 unspecified atom stereocenters. The molecule has 2 heterocycles. The summed E-state index contributed by atoms with van der Waals surface area (Å²) in [6.45, 7) is 5.76. The number of aliphatic hydroxyl groups excluding tert-OH is 1. The quantitative estimate of drug-likeness (QED) is 0.180. The molecule has 1 fully saturated rings. The average Bonchev–Trinajstić information content (AvgIpc) is 3.15. The summed E-state index contributed by atoms with van der Waals surface area (Å²) in [5.41, 5.74) is 1.85. The van der Waals surface area contributed by atoms with E-state index in [-0.39, 0.29) is 29.5 Å². The highest BCUT2D eigenvalue weighted by Crippen LogP contribution is 2.41. The molecular formula is C29H27ClN2O6. The number of hydrogen-bond donors (Lipinski definition) is 1. The summed E-state index contributed by atoms with van der Waals surface area (Å²) < 4.78 is 10.7. The van der Waals surface area contributed by atoms with E-state index in [4.69, 9.17) is 21.1 Å². The van der Waals surface area contributed by atoms with Crippen LogP contribution in [0.2, 0.25) is 5.02 Å². The van der Waals surface area contributed by atoms with Crippen LogP contribution in [0, 0.1) is 0 Å². The Morgan fingerprint density at radius 3 is 2.45 bits per heavy atom. The molecule has 38 heavy (non-hydrogen) atoms. The van der Waals surface area contributed by atoms with E-state index in [1.54, 1.807) is 81.7 Å². The summed E-state index contributed by atoms with van der Waals surface area (Å²) in [4.78, 5) is 44.3. The van der Waals surface area contributed by atoms with Gasteiger partial charge in [0.1, 0.15) is 11.5 Å². The highest BCUT2D eigenvalue weighted by molar-refractivity contribution is 6.46. The first-order valence-corrected chi connectivity index (χ1v) is 12.5. The number of pyridine rings is 1. The third-order valence-electron chi connectivity index (χ3n) is 5.93. The molecule has 1 amide bonds. The third-order valence-corrected chi connectivity index (χ3v) is 6.24. The van der Waals surface area contributed by atoms with Gasteiger partial charge in [-0.05, 0) is 68.3 Å². The zero-order chi connectivity index (χ0) is 27.4. The number of amides is 1. The molecule has 0 aliphatic carbocycles. The first kappa shape index (κ1) is 26.9. The molecule has 1 N–H and O–H groups in total. The first-order chi connectivity index (χ1) is 18.2. The lowest BCUT2D eigenvalue weighted by Gasteiger charge is -2.25. The highest BCUT2D eigenvalue weighted by Gasteiger charge is 2.46. The minimum Gasteiger partial charge on any atom is -0.507 e. The van der Waals surface area contributed by atoms with Gasteiger partial charge in [-0.25, -0.2) is 4.79 Å². The molecule has 3 aromatic rings. The summed E-state index contributed by atoms with van der Waals surface area (Å²) in [6.07, 6.45) is 2.88. The zero-order valence-electron chi connectivity index (χ0n) is 21.2. The minimum atomic E-state index is -0.888. The number of benzene rings is 2. The van der Waals surface area contributed by atoms with Crippen LogP contribution in [0.1, 0.15) is 53.9 Å². The van der Waals surface area contributed by atoms with Gasteiger partial charge in [0.25, 0.3) is 11.7 Å². The normalized spacial score (nSPS) is 16.7. The molecule has 1 saturated heterocycles. The van der Waals surface area contributed by atoms with Crippen molar-refractivity contribution in [2.45, 2.75) is 39.5 Å². The molecule has 1 atom stereocenters. The number of hydrogen-bond acceptors (Lipinski definition) is 7. The summed E-state index contributed by atoms with van der Waals surface area (Å²) in [5.74, 6) is -2.02. The van der Waals surface area contributed by atoms with Crippen molar-refractivity contribution in [3.8, 4) is 5.75 Å². The second kappa shape index (κ2) is 11.5. The highest BCUT2D eigenvalue weighted by atomic mass is 35.5. The Kier molecular flexibility index (Phi) is 8.12. The van der Waals surface area contributed by atoms with Crippen LogP contribution in [0.25, 0.3) is 5.76 Å². The number of carbonyl (C=O) groups is 3. The standard InChI is InChI=1S/C29H27ClN2O6/c1-4-37-23-14-20(11-12-22(23)30)26(33)24-25(21-6-5-13-31-15-21)32(28(35)27(24)34)16-18-7-9-19(10-8-18)29(36)38-17(2)3/h5-15,17,25,33H,4,16H2,1-3H3/b26-24-. The van der Waals surface area contributed by atoms with E-state index in [1.807, 2.05) is 0 Å². The monoisotopic (exact) mass is 534 g/mol. The first-order valence-electron chi connectivity index (χ1n) is 12.1. The molecule has 2 aromatic carbocycles. The van der Waals surface area contributed by atoms with E-state index in [2.05, 4.69) is 4.98 Å². The van der Waals surface area contributed by atoms with Crippen molar-refractivity contribution in [3.05, 3.63) is 99.8 Å². The lowest BCUT2D eigenvalue weighted by atomic mass is 9.96. The number of rotatable bonds is 8. The number of aliphatic hydroxyl groups is 1. The van der Waals surface area contributed by atoms with Crippen molar-refractivity contribution in [2.24, 2.45) is 0 Å². The van der Waals surface area contributed by atoms with Gasteiger partial charge in [-0.15, -0.1) is 0 Å². The van der Waals surface area contributed by atoms with Crippen LogP contribution >= 0.6 is 11.6 Å². The van der Waals surface area contributed by atoms with E-state index >= 15 is 0 Å². The summed E-state index contributed by atoms with van der Waals surface area (Å²) in [7, 11) is 0. The van der Waals surface area contributed by atoms with Crippen LogP contribution in [0.4, 0.5) is 0 Å². The van der Waals surface area contributed by atoms with Gasteiger partial charge in [-0.2, -0.15) is 0 Å². The van der Waals surface area contributed by atoms with Crippen molar-refractivity contribution in [2.75, 3.05) is 6.61 Å². The molecule has 0 spiro atoms. The Balaban J connectivity index is 1.74. The average molecular weight is 535 g/mol. The Labute approximate surface area is 225 Å². The van der Waals surface area contributed by atoms with Crippen LogP contribution < -0.4 is 4.74 Å². The van der Waals surface area contributed by atoms with Crippen molar-refractivity contribution in [1.29, 1.82) is 0 Å². The van der Waals surface area contributed by atoms with E-state index in [0.717, 1.165) is 0 Å². The molecule has 0 saturated carbocycles. The number of Topliss-reactive ketones (excluding diaryl/α,β-unsaturated/α-hetero) is 1. The largest absolute Gasteiger partial charge is 0.507 e. The smallest absolute Gasteiger partial charge is 0.338 e. The van der Waals surface area contributed by atoms with Crippen molar-refractivity contribution >= 4 is 35.0 Å². The number of likely N-dealkylation sites (tertiary alicyclic amines) is 1. The maximum Gasteiger partial charge on any atom is 0.338 e. The summed E-state index contributed by atoms with van der Waals surface area (Å²) >= 11 is 6.20. The molecule has 1 aliphatic rings. The molecule has 0 radical (unpaired) electrons. The van der Waals surface area contributed by atoms with Crippen LogP contribution in [-0.2, 0) is 20.9 Å². The van der Waals surface area contributed by atoms with E-state index in [1.165, 1.54) is 11.0 Å². The van der Waals surface area contributed by atoms with Gasteiger partial charge in [-0.1, -0.05) is 29.8 Å². The third kappa shape index (κ3) is 5.55. The van der Waals surface area contributed by atoms with Crippen LogP contribution in [0.3, 0.4) is 0 Å². The van der Waals surface area contributed by atoms with Crippen molar-refractivity contribution in [1.82, 2.24) is 9.88 Å². The van der Waals surface area contributed by atoms with Crippen LogP contribution in [0.5, 0.6) is 5.75 Å². The fraction of sp³-hybridized carbons (Fsp3) is 0.241. The number of ketones is 1. The second-order valence-corrected chi connectivity index (χ2v) is 9.35. The van der Waals surface area contributed by atoms with Gasteiger partial charge in [0.05, 0.1) is 34.9 Å². The number of carbonyl (C=O) groups excluding carboxylic acids is 3. The molecule has 8 nitrogen and oxygen atoms in total. The fourth-order valence-corrected chi connectivity index (χ4v) is 4.40. The van der Waals surface area contributed by atoms with Gasteiger partial charge in [0.15, 0.2) is 0 Å². The van der Waals surface area contributed by atoms with Gasteiger partial charge in [0, 0.05) is 24.5 Å². The Bertz CT molecular complexity index is 1390. The van der Waals surface area contributed by atoms with E-state index in [9.17, 15) is 19.5 Å². The zero-order valence-corrected chi connectivity index (χ0v) is 21.9. The predicted molar refractivity (Wildman–Crippen MR) is 142 cm³/mol. The van der Waals surface area contributed by atoms with Crippen molar-refractivity contribution < 1.29 is 29.0 Å². The van der Waals surface area contributed by atoms with Gasteiger partial charge < -0.3 is 19.5 Å². The molecule has 1 aromatic heterocycles. The molecule has 4 rings (SSSR count). The lowest BCUT2D eigenvalue weighted by Crippen LogP contribution is -2.29. The van der Waals surface area contributed by atoms with E-state index < -0.39 is 23.7 Å². The number of nitrogens with zero attached hydrogens (tertiary/aromatic N) is 2. The number of esters is 1. The summed E-state index contributed by atoms with van der Waals surface area (Å²) in [6, 6.07) is 13.8. The molecule has 0 bridgehead atoms. The van der Waals surface area contributed by atoms with Gasteiger partial charge >= 0.3 is 5.97 Å². The fourth-order valence-electron chi connectivity index (χ4n) is 4.22. The van der Waals surface area contributed by atoms with Gasteiger partial charge in [0.2, 0.25) is 0 Å². The number of ether oxygens (including phenoxy) is 2. The molecule has 1 aliphatic heterocycles. The summed E-state index contributed by atoms with van der Waals surface area (Å²) in [5, 5.41) is 11.6. The van der Waals surface area contributed by atoms with Crippen LogP contribution in [-0.4, -0.2) is 45.4 Å². The molecule has 9 heteroatoms. The minimum absolute atomic E-state index is 0.0608. The SMILES string of the molecule is CCOc1cc(/C(O)=C2/C(=O)C(=O)N(Cc3ccc(C(=O)OC(C)C)cc3)C2c2cccnc2)ccc1Cl. The topological polar surface area (TPSA) is 106 Å². The Hall–Kier alpha value is -4.17. The lowest BCUT2D eigenvalue weighted by molar-refractivity contribution is -0.140. The number of halogens is 1. The second-order valence-electron chi connectivity index (χ2n) is 8.94. The number of aromatic nitrogens is 1.